The highest BCUT2D eigenvalue weighted by molar-refractivity contribution is 14.1. The van der Waals surface area contributed by atoms with Crippen LogP contribution in [0.25, 0.3) is 0 Å². The van der Waals surface area contributed by atoms with Gasteiger partial charge in [0, 0.05) is 0 Å². The van der Waals surface area contributed by atoms with E-state index in [4.69, 9.17) is 5.73 Å². The highest BCUT2D eigenvalue weighted by atomic mass is 127. The Balaban J connectivity index is 2.36. The van der Waals surface area contributed by atoms with E-state index in [1.54, 1.807) is 0 Å². The number of nitrogen functional groups attached to an aromatic ring is 1. The Morgan fingerprint density at radius 1 is 1.58 bits per heavy atom. The molecule has 0 aliphatic heterocycles. The van der Waals surface area contributed by atoms with E-state index < -0.39 is 0 Å². The maximum Gasteiger partial charge on any atom is 0.135 e. The lowest BCUT2D eigenvalue weighted by atomic mass is 9.93. The lowest BCUT2D eigenvalue weighted by Crippen LogP contribution is -2.19. The quantitative estimate of drug-likeness (QED) is 0.799. The molecule has 1 aliphatic rings. The van der Waals surface area contributed by atoms with Crippen LogP contribution in [0.5, 0.6) is 0 Å². The van der Waals surface area contributed by atoms with Crippen molar-refractivity contribution in [1.82, 2.24) is 9.78 Å². The van der Waals surface area contributed by atoms with E-state index in [2.05, 4.69) is 27.7 Å². The van der Waals surface area contributed by atoms with Crippen molar-refractivity contribution in [2.45, 2.75) is 32.2 Å². The molecule has 0 unspecified atom stereocenters. The lowest BCUT2D eigenvalue weighted by molar-refractivity contribution is 0.292. The van der Waals surface area contributed by atoms with Gasteiger partial charge in [0.1, 0.15) is 5.82 Å². The molecule has 1 saturated carbocycles. The van der Waals surface area contributed by atoms with Crippen LogP contribution in [-0.2, 0) is 0 Å². The molecule has 1 aliphatic carbocycles. The van der Waals surface area contributed by atoms with Gasteiger partial charge in [-0.1, -0.05) is 0 Å². The number of halogens is 1. The van der Waals surface area contributed by atoms with E-state index in [1.807, 2.05) is 11.6 Å². The highest BCUT2D eigenvalue weighted by Crippen LogP contribution is 2.34. The molecule has 0 atom stereocenters. The van der Waals surface area contributed by atoms with Gasteiger partial charge in [-0.25, -0.2) is 4.68 Å². The minimum absolute atomic E-state index is 0.576. The van der Waals surface area contributed by atoms with E-state index in [-0.39, 0.29) is 0 Å². The molecule has 1 fully saturated rings. The monoisotopic (exact) mass is 277 g/mol. The van der Waals surface area contributed by atoms with Crippen LogP contribution < -0.4 is 5.73 Å². The van der Waals surface area contributed by atoms with Crippen LogP contribution in [0.4, 0.5) is 5.82 Å². The van der Waals surface area contributed by atoms with Crippen molar-refractivity contribution >= 4 is 28.4 Å². The number of anilines is 1. The Morgan fingerprint density at radius 3 is 2.58 bits per heavy atom. The lowest BCUT2D eigenvalue weighted by Gasteiger charge is -2.26. The van der Waals surface area contributed by atoms with Gasteiger partial charge in [-0.3, -0.25) is 0 Å². The molecular formula is C8H12IN3. The van der Waals surface area contributed by atoms with Crippen molar-refractivity contribution in [2.24, 2.45) is 0 Å². The third-order valence-corrected chi connectivity index (χ3v) is 3.80. The van der Waals surface area contributed by atoms with Gasteiger partial charge in [-0.05, 0) is 48.8 Å². The predicted molar refractivity (Wildman–Crippen MR) is 57.0 cm³/mol. The summed E-state index contributed by atoms with van der Waals surface area (Å²) < 4.78 is 3.10. The molecule has 12 heavy (non-hydrogen) atoms. The summed E-state index contributed by atoms with van der Waals surface area (Å²) in [6.45, 7) is 2.01. The number of aryl methyl sites for hydroxylation is 1. The molecule has 1 aromatic heterocycles. The predicted octanol–water partition coefficient (Wildman–Crippen LogP) is 2.10. The van der Waals surface area contributed by atoms with Gasteiger partial charge in [-0.15, -0.1) is 0 Å². The van der Waals surface area contributed by atoms with Crippen LogP contribution in [-0.4, -0.2) is 9.78 Å². The molecule has 3 nitrogen and oxygen atoms in total. The highest BCUT2D eigenvalue weighted by Gasteiger charge is 2.23. The molecule has 0 radical (unpaired) electrons. The van der Waals surface area contributed by atoms with Crippen LogP contribution in [0.15, 0.2) is 0 Å². The van der Waals surface area contributed by atoms with Crippen molar-refractivity contribution in [3.05, 3.63) is 9.26 Å². The van der Waals surface area contributed by atoms with Gasteiger partial charge in [-0.2, -0.15) is 5.10 Å². The van der Waals surface area contributed by atoms with Crippen molar-refractivity contribution in [3.63, 3.8) is 0 Å². The molecule has 0 saturated heterocycles. The summed E-state index contributed by atoms with van der Waals surface area (Å²) in [5, 5.41) is 4.42. The molecule has 0 bridgehead atoms. The first-order valence-electron chi connectivity index (χ1n) is 4.20. The summed E-state index contributed by atoms with van der Waals surface area (Å²) in [6.07, 6.45) is 3.79. The molecule has 0 aromatic carbocycles. The van der Waals surface area contributed by atoms with E-state index in [1.165, 1.54) is 19.3 Å². The maximum absolute atomic E-state index is 5.91. The van der Waals surface area contributed by atoms with E-state index in [0.29, 0.717) is 6.04 Å². The van der Waals surface area contributed by atoms with E-state index >= 15 is 0 Å². The molecule has 66 valence electrons. The number of hydrogen-bond donors (Lipinski definition) is 1. The molecular weight excluding hydrogens is 265 g/mol. The molecule has 0 spiro atoms. The Labute approximate surface area is 85.5 Å². The number of aromatic nitrogens is 2. The number of hydrogen-bond acceptors (Lipinski definition) is 2. The van der Waals surface area contributed by atoms with Crippen molar-refractivity contribution < 1.29 is 0 Å². The van der Waals surface area contributed by atoms with Gasteiger partial charge in [0.2, 0.25) is 0 Å². The van der Waals surface area contributed by atoms with Crippen molar-refractivity contribution in [2.75, 3.05) is 5.73 Å². The Hall–Kier alpha value is -0.260. The standard InChI is InChI=1S/C8H12IN3/c1-5-7(9)8(10)12(11-5)6-3-2-4-6/h6H,2-4,10H2,1H3. The molecule has 0 amide bonds. The smallest absolute Gasteiger partial charge is 0.135 e. The van der Waals surface area contributed by atoms with Gasteiger partial charge < -0.3 is 5.73 Å². The summed E-state index contributed by atoms with van der Waals surface area (Å²) in [5.41, 5.74) is 6.96. The Kier molecular flexibility index (Phi) is 2.02. The van der Waals surface area contributed by atoms with Gasteiger partial charge in [0.25, 0.3) is 0 Å². The van der Waals surface area contributed by atoms with Crippen LogP contribution >= 0.6 is 22.6 Å². The molecule has 2 N–H and O–H groups in total. The average molecular weight is 277 g/mol. The fourth-order valence-electron chi connectivity index (χ4n) is 1.45. The van der Waals surface area contributed by atoms with Gasteiger partial charge >= 0.3 is 0 Å². The summed E-state index contributed by atoms with van der Waals surface area (Å²) in [4.78, 5) is 0. The molecule has 1 aromatic rings. The normalized spacial score (nSPS) is 17.8. The van der Waals surface area contributed by atoms with E-state index in [9.17, 15) is 0 Å². The third-order valence-electron chi connectivity index (χ3n) is 2.47. The van der Waals surface area contributed by atoms with Crippen molar-refractivity contribution in [1.29, 1.82) is 0 Å². The zero-order valence-corrected chi connectivity index (χ0v) is 9.21. The number of rotatable bonds is 1. The van der Waals surface area contributed by atoms with Gasteiger partial charge in [0.15, 0.2) is 0 Å². The first kappa shape index (κ1) is 8.34. The second kappa shape index (κ2) is 2.90. The number of nitrogens with two attached hydrogens (primary N) is 1. The SMILES string of the molecule is Cc1nn(C2CCC2)c(N)c1I. The Bertz CT molecular complexity index is 301. The van der Waals surface area contributed by atoms with Crippen molar-refractivity contribution in [3.8, 4) is 0 Å². The van der Waals surface area contributed by atoms with Crippen LogP contribution in [0.3, 0.4) is 0 Å². The maximum atomic E-state index is 5.91. The topological polar surface area (TPSA) is 43.8 Å². The van der Waals surface area contributed by atoms with Crippen LogP contribution in [0, 0.1) is 10.5 Å². The van der Waals surface area contributed by atoms with Crippen LogP contribution in [0.1, 0.15) is 31.0 Å². The fourth-order valence-corrected chi connectivity index (χ4v) is 1.81. The zero-order chi connectivity index (χ0) is 8.72. The fraction of sp³-hybridized carbons (Fsp3) is 0.625. The second-order valence-electron chi connectivity index (χ2n) is 3.31. The van der Waals surface area contributed by atoms with Crippen LogP contribution in [0.2, 0.25) is 0 Å². The summed E-state index contributed by atoms with van der Waals surface area (Å²) in [5.74, 6) is 0.845. The number of nitrogens with zero attached hydrogens (tertiary/aromatic N) is 2. The van der Waals surface area contributed by atoms with Gasteiger partial charge in [0.05, 0.1) is 15.3 Å². The Morgan fingerprint density at radius 2 is 2.25 bits per heavy atom. The average Bonchev–Trinajstić information content (AvgIpc) is 2.15. The first-order chi connectivity index (χ1) is 5.70. The minimum atomic E-state index is 0.576. The third kappa shape index (κ3) is 1.12. The zero-order valence-electron chi connectivity index (χ0n) is 7.05. The molecule has 4 heteroatoms. The molecule has 1 heterocycles. The second-order valence-corrected chi connectivity index (χ2v) is 4.39. The summed E-state index contributed by atoms with van der Waals surface area (Å²) in [7, 11) is 0. The first-order valence-corrected chi connectivity index (χ1v) is 5.28. The summed E-state index contributed by atoms with van der Waals surface area (Å²) >= 11 is 2.26. The molecule has 2 rings (SSSR count). The minimum Gasteiger partial charge on any atom is -0.383 e. The summed E-state index contributed by atoms with van der Waals surface area (Å²) in [6, 6.07) is 0.576. The van der Waals surface area contributed by atoms with E-state index in [0.717, 1.165) is 15.1 Å². The largest absolute Gasteiger partial charge is 0.383 e.